The summed E-state index contributed by atoms with van der Waals surface area (Å²) in [5.74, 6) is 0.838. The number of aromatic nitrogens is 1. The van der Waals surface area contributed by atoms with Crippen molar-refractivity contribution >= 4 is 10.8 Å². The fourth-order valence-corrected chi connectivity index (χ4v) is 2.13. The number of ether oxygens (including phenoxy) is 1. The van der Waals surface area contributed by atoms with E-state index < -0.39 is 0 Å². The van der Waals surface area contributed by atoms with Crippen molar-refractivity contribution in [2.24, 2.45) is 0 Å². The van der Waals surface area contributed by atoms with Gasteiger partial charge in [-0.1, -0.05) is 30.3 Å². The average molecular weight is 239 g/mol. The van der Waals surface area contributed by atoms with Crippen LogP contribution in [-0.4, -0.2) is 11.6 Å². The van der Waals surface area contributed by atoms with E-state index in [2.05, 4.69) is 23.2 Å². The van der Waals surface area contributed by atoms with Crippen LogP contribution in [0.2, 0.25) is 0 Å². The van der Waals surface area contributed by atoms with Gasteiger partial charge in [0.25, 0.3) is 0 Å². The molecule has 0 radical (unpaired) electrons. The summed E-state index contributed by atoms with van der Waals surface area (Å²) in [5.41, 5.74) is 1.79. The SMILES string of the molecule is CCOc1ccc2ccccc2c1-c1cocn1. The summed E-state index contributed by atoms with van der Waals surface area (Å²) >= 11 is 0. The van der Waals surface area contributed by atoms with Crippen LogP contribution in [0.4, 0.5) is 0 Å². The average Bonchev–Trinajstić information content (AvgIpc) is 2.92. The molecule has 0 aliphatic heterocycles. The van der Waals surface area contributed by atoms with Gasteiger partial charge in [0, 0.05) is 0 Å². The minimum Gasteiger partial charge on any atom is -0.493 e. The summed E-state index contributed by atoms with van der Waals surface area (Å²) in [7, 11) is 0. The first-order valence-corrected chi connectivity index (χ1v) is 5.93. The zero-order valence-electron chi connectivity index (χ0n) is 10.1. The maximum atomic E-state index is 5.69. The Morgan fingerprint density at radius 2 is 2.06 bits per heavy atom. The largest absolute Gasteiger partial charge is 0.493 e. The second-order valence-electron chi connectivity index (χ2n) is 3.97. The van der Waals surface area contributed by atoms with E-state index in [1.54, 1.807) is 6.26 Å². The second kappa shape index (κ2) is 4.53. The van der Waals surface area contributed by atoms with E-state index in [0.717, 1.165) is 22.4 Å². The van der Waals surface area contributed by atoms with Crippen LogP contribution < -0.4 is 4.74 Å². The molecule has 90 valence electrons. The molecule has 3 nitrogen and oxygen atoms in total. The lowest BCUT2D eigenvalue weighted by molar-refractivity contribution is 0.342. The molecule has 0 fully saturated rings. The van der Waals surface area contributed by atoms with Gasteiger partial charge in [0.2, 0.25) is 0 Å². The molecule has 0 aliphatic rings. The van der Waals surface area contributed by atoms with Gasteiger partial charge in [-0.2, -0.15) is 0 Å². The quantitative estimate of drug-likeness (QED) is 0.695. The van der Waals surface area contributed by atoms with Crippen LogP contribution in [0.5, 0.6) is 5.75 Å². The Bertz CT molecular complexity index is 659. The first-order chi connectivity index (χ1) is 8.90. The molecule has 0 saturated carbocycles. The van der Waals surface area contributed by atoms with Crippen LogP contribution in [0.15, 0.2) is 53.5 Å². The van der Waals surface area contributed by atoms with E-state index in [-0.39, 0.29) is 0 Å². The summed E-state index contributed by atoms with van der Waals surface area (Å²) in [6.07, 6.45) is 3.08. The van der Waals surface area contributed by atoms with Crippen molar-refractivity contribution in [3.05, 3.63) is 49.1 Å². The van der Waals surface area contributed by atoms with E-state index in [0.29, 0.717) is 6.61 Å². The molecule has 0 unspecified atom stereocenters. The van der Waals surface area contributed by atoms with Crippen LogP contribution in [0.25, 0.3) is 22.0 Å². The van der Waals surface area contributed by atoms with Gasteiger partial charge in [-0.25, -0.2) is 4.98 Å². The molecule has 1 heterocycles. The first-order valence-electron chi connectivity index (χ1n) is 5.93. The normalized spacial score (nSPS) is 10.7. The van der Waals surface area contributed by atoms with Gasteiger partial charge in [-0.05, 0) is 23.8 Å². The number of rotatable bonds is 3. The Morgan fingerprint density at radius 3 is 2.83 bits per heavy atom. The van der Waals surface area contributed by atoms with Crippen LogP contribution in [0.3, 0.4) is 0 Å². The van der Waals surface area contributed by atoms with Gasteiger partial charge in [0.15, 0.2) is 6.39 Å². The molecule has 0 aliphatic carbocycles. The van der Waals surface area contributed by atoms with Gasteiger partial charge >= 0.3 is 0 Å². The fraction of sp³-hybridized carbons (Fsp3) is 0.133. The lowest BCUT2D eigenvalue weighted by Crippen LogP contribution is -1.95. The molecule has 0 spiro atoms. The zero-order valence-corrected chi connectivity index (χ0v) is 10.1. The Kier molecular flexibility index (Phi) is 2.73. The molecule has 3 heteroatoms. The van der Waals surface area contributed by atoms with E-state index in [9.17, 15) is 0 Å². The van der Waals surface area contributed by atoms with Crippen molar-refractivity contribution < 1.29 is 9.15 Å². The minimum absolute atomic E-state index is 0.628. The molecule has 18 heavy (non-hydrogen) atoms. The minimum atomic E-state index is 0.628. The highest BCUT2D eigenvalue weighted by atomic mass is 16.5. The highest BCUT2D eigenvalue weighted by Crippen LogP contribution is 2.36. The first kappa shape index (κ1) is 10.8. The standard InChI is InChI=1S/C15H13NO2/c1-2-18-14-8-7-11-5-3-4-6-12(11)15(14)13-9-17-10-16-13/h3-10H,2H2,1H3. The van der Waals surface area contributed by atoms with Gasteiger partial charge in [0.05, 0.1) is 12.2 Å². The third-order valence-corrected chi connectivity index (χ3v) is 2.88. The molecule has 0 N–H and O–H groups in total. The third kappa shape index (κ3) is 1.74. The number of fused-ring (bicyclic) bond motifs is 1. The van der Waals surface area contributed by atoms with E-state index >= 15 is 0 Å². The maximum Gasteiger partial charge on any atom is 0.181 e. The predicted molar refractivity (Wildman–Crippen MR) is 70.6 cm³/mol. The number of hydrogen-bond acceptors (Lipinski definition) is 3. The van der Waals surface area contributed by atoms with Crippen LogP contribution in [0.1, 0.15) is 6.92 Å². The third-order valence-electron chi connectivity index (χ3n) is 2.88. The molecular weight excluding hydrogens is 226 g/mol. The maximum absolute atomic E-state index is 5.69. The molecule has 0 amide bonds. The smallest absolute Gasteiger partial charge is 0.181 e. The van der Waals surface area contributed by atoms with Crippen molar-refractivity contribution in [3.63, 3.8) is 0 Å². The van der Waals surface area contributed by atoms with E-state index in [1.807, 2.05) is 25.1 Å². The van der Waals surface area contributed by atoms with Gasteiger partial charge in [-0.15, -0.1) is 0 Å². The molecule has 1 aromatic heterocycles. The predicted octanol–water partition coefficient (Wildman–Crippen LogP) is 3.89. The summed E-state index contributed by atoms with van der Waals surface area (Å²) in [4.78, 5) is 4.23. The Labute approximate surface area is 105 Å². The van der Waals surface area contributed by atoms with Crippen molar-refractivity contribution in [1.29, 1.82) is 0 Å². The second-order valence-corrected chi connectivity index (χ2v) is 3.97. The van der Waals surface area contributed by atoms with Crippen LogP contribution in [-0.2, 0) is 0 Å². The monoisotopic (exact) mass is 239 g/mol. The van der Waals surface area contributed by atoms with Crippen LogP contribution >= 0.6 is 0 Å². The Morgan fingerprint density at radius 1 is 1.17 bits per heavy atom. The van der Waals surface area contributed by atoms with Gasteiger partial charge in [0.1, 0.15) is 17.7 Å². The lowest BCUT2D eigenvalue weighted by Gasteiger charge is -2.11. The molecule has 3 rings (SSSR count). The van der Waals surface area contributed by atoms with Crippen molar-refractivity contribution in [2.75, 3.05) is 6.61 Å². The number of hydrogen-bond donors (Lipinski definition) is 0. The van der Waals surface area contributed by atoms with E-state index in [4.69, 9.17) is 9.15 Å². The molecule has 0 atom stereocenters. The van der Waals surface area contributed by atoms with Crippen molar-refractivity contribution in [3.8, 4) is 17.0 Å². The summed E-state index contributed by atoms with van der Waals surface area (Å²) in [6, 6.07) is 12.2. The number of nitrogens with zero attached hydrogens (tertiary/aromatic N) is 1. The summed E-state index contributed by atoms with van der Waals surface area (Å²) < 4.78 is 10.8. The highest BCUT2D eigenvalue weighted by Gasteiger charge is 2.12. The Hall–Kier alpha value is -2.29. The topological polar surface area (TPSA) is 35.3 Å². The van der Waals surface area contributed by atoms with Crippen molar-refractivity contribution in [2.45, 2.75) is 6.92 Å². The molecule has 0 saturated heterocycles. The van der Waals surface area contributed by atoms with Crippen molar-refractivity contribution in [1.82, 2.24) is 4.98 Å². The summed E-state index contributed by atoms with van der Waals surface area (Å²) in [6.45, 7) is 2.60. The number of oxazole rings is 1. The van der Waals surface area contributed by atoms with Gasteiger partial charge in [-0.3, -0.25) is 0 Å². The molecular formula is C15H13NO2. The molecule has 3 aromatic rings. The molecule has 0 bridgehead atoms. The fourth-order valence-electron chi connectivity index (χ4n) is 2.13. The Balaban J connectivity index is 2.32. The molecule has 2 aromatic carbocycles. The lowest BCUT2D eigenvalue weighted by atomic mass is 10.0. The van der Waals surface area contributed by atoms with Crippen LogP contribution in [0, 0.1) is 0 Å². The zero-order chi connectivity index (χ0) is 12.4. The van der Waals surface area contributed by atoms with Gasteiger partial charge < -0.3 is 9.15 Å². The van der Waals surface area contributed by atoms with E-state index in [1.165, 1.54) is 11.8 Å². The summed E-state index contributed by atoms with van der Waals surface area (Å²) in [5, 5.41) is 2.29. The highest BCUT2D eigenvalue weighted by molar-refractivity contribution is 5.98. The number of benzene rings is 2.